The molecular formula is C18H31N3O4S. The molecule has 7 nitrogen and oxygen atoms in total. The van der Waals surface area contributed by atoms with Crippen molar-refractivity contribution in [1.29, 1.82) is 0 Å². The third-order valence-electron chi connectivity index (χ3n) is 6.47. The summed E-state index contributed by atoms with van der Waals surface area (Å²) in [7, 11) is -0.982. The third kappa shape index (κ3) is 4.22. The maximum Gasteiger partial charge on any atom is 0.223 e. The Morgan fingerprint density at radius 3 is 2.54 bits per heavy atom. The van der Waals surface area contributed by atoms with Crippen LogP contribution in [0.4, 0.5) is 0 Å². The molecule has 8 heteroatoms. The molecule has 0 aromatic heterocycles. The van der Waals surface area contributed by atoms with Crippen molar-refractivity contribution < 1.29 is 18.0 Å². The van der Waals surface area contributed by atoms with Crippen LogP contribution in [-0.4, -0.2) is 92.3 Å². The fourth-order valence-electron chi connectivity index (χ4n) is 4.57. The van der Waals surface area contributed by atoms with Gasteiger partial charge in [-0.1, -0.05) is 0 Å². The molecule has 26 heavy (non-hydrogen) atoms. The van der Waals surface area contributed by atoms with Crippen molar-refractivity contribution in [3.63, 3.8) is 0 Å². The van der Waals surface area contributed by atoms with Crippen LogP contribution in [0.15, 0.2) is 0 Å². The molecule has 1 unspecified atom stereocenters. The van der Waals surface area contributed by atoms with Gasteiger partial charge in [-0.3, -0.25) is 9.59 Å². The number of hydrogen-bond donors (Lipinski definition) is 0. The van der Waals surface area contributed by atoms with Crippen LogP contribution in [0.5, 0.6) is 0 Å². The quantitative estimate of drug-likeness (QED) is 0.683. The Kier molecular flexibility index (Phi) is 5.63. The van der Waals surface area contributed by atoms with E-state index in [9.17, 15) is 18.0 Å². The zero-order valence-corrected chi connectivity index (χ0v) is 16.8. The van der Waals surface area contributed by atoms with Crippen LogP contribution in [0.25, 0.3) is 0 Å². The summed E-state index contributed by atoms with van der Waals surface area (Å²) in [5.41, 5.74) is 0.0683. The number of carbonyl (C=O) groups is 2. The van der Waals surface area contributed by atoms with E-state index < -0.39 is 9.84 Å². The predicted octanol–water partition coefficient (Wildman–Crippen LogP) is 0.356. The Balaban J connectivity index is 1.44. The summed E-state index contributed by atoms with van der Waals surface area (Å²) in [4.78, 5) is 30.4. The summed E-state index contributed by atoms with van der Waals surface area (Å²) in [6, 6.07) is 0.0435. The normalized spacial score (nSPS) is 27.7. The lowest BCUT2D eigenvalue weighted by molar-refractivity contribution is -0.133. The number of hydrogen-bond acceptors (Lipinski definition) is 5. The first-order valence-electron chi connectivity index (χ1n) is 9.70. The maximum absolute atomic E-state index is 12.5. The molecule has 0 aromatic rings. The molecule has 0 aliphatic carbocycles. The lowest BCUT2D eigenvalue weighted by Gasteiger charge is -2.39. The minimum Gasteiger partial charge on any atom is -0.343 e. The van der Waals surface area contributed by atoms with Gasteiger partial charge in [0.25, 0.3) is 0 Å². The van der Waals surface area contributed by atoms with Crippen LogP contribution >= 0.6 is 0 Å². The van der Waals surface area contributed by atoms with Crippen LogP contribution in [0.3, 0.4) is 0 Å². The monoisotopic (exact) mass is 385 g/mol. The minimum atomic E-state index is -2.89. The van der Waals surface area contributed by atoms with E-state index in [1.807, 2.05) is 28.7 Å². The number of piperidine rings is 1. The standard InChI is InChI=1S/C18H31N3O4S/c1-3-20-14-18(12-17(20)23)6-9-21(10-7-18)16(22)4-8-19(2)15-5-11-26(24,25)13-15/h15H,3-14H2,1-2H3. The molecule has 1 atom stereocenters. The van der Waals surface area contributed by atoms with Crippen LogP contribution < -0.4 is 0 Å². The van der Waals surface area contributed by atoms with Crippen molar-refractivity contribution >= 4 is 21.7 Å². The first-order chi connectivity index (χ1) is 12.2. The Bertz CT molecular complexity index is 655. The summed E-state index contributed by atoms with van der Waals surface area (Å²) >= 11 is 0. The summed E-state index contributed by atoms with van der Waals surface area (Å²) in [6.07, 6.45) is 3.53. The van der Waals surface area contributed by atoms with E-state index >= 15 is 0 Å². The molecule has 3 saturated heterocycles. The molecule has 148 valence electrons. The SMILES string of the molecule is CCN1CC2(CCN(C(=O)CCN(C)C3CCS(=O)(=O)C3)CC2)CC1=O. The van der Waals surface area contributed by atoms with Gasteiger partial charge in [0.2, 0.25) is 11.8 Å². The number of sulfone groups is 1. The van der Waals surface area contributed by atoms with Gasteiger partial charge in [-0.05, 0) is 33.2 Å². The average Bonchev–Trinajstić information content (AvgIpc) is 3.12. The van der Waals surface area contributed by atoms with Gasteiger partial charge in [-0.2, -0.15) is 0 Å². The molecule has 0 bridgehead atoms. The first kappa shape index (κ1) is 19.6. The number of carbonyl (C=O) groups excluding carboxylic acids is 2. The summed E-state index contributed by atoms with van der Waals surface area (Å²) in [5.74, 6) is 0.869. The van der Waals surface area contributed by atoms with Crippen LogP contribution in [0, 0.1) is 5.41 Å². The molecule has 3 heterocycles. The first-order valence-corrected chi connectivity index (χ1v) is 11.5. The van der Waals surface area contributed by atoms with Gasteiger partial charge in [0, 0.05) is 57.0 Å². The molecule has 3 rings (SSSR count). The van der Waals surface area contributed by atoms with Gasteiger partial charge in [-0.15, -0.1) is 0 Å². The second-order valence-electron chi connectivity index (χ2n) is 8.25. The molecule has 0 radical (unpaired) electrons. The van der Waals surface area contributed by atoms with Gasteiger partial charge in [0.1, 0.15) is 0 Å². The van der Waals surface area contributed by atoms with Crippen molar-refractivity contribution in [3.05, 3.63) is 0 Å². The molecule has 0 saturated carbocycles. The Morgan fingerprint density at radius 2 is 2.00 bits per heavy atom. The molecule has 2 amide bonds. The molecule has 1 spiro atoms. The van der Waals surface area contributed by atoms with E-state index in [1.165, 1.54) is 0 Å². The van der Waals surface area contributed by atoms with Crippen molar-refractivity contribution in [2.75, 3.05) is 51.3 Å². The van der Waals surface area contributed by atoms with Gasteiger partial charge >= 0.3 is 0 Å². The van der Waals surface area contributed by atoms with E-state index in [-0.39, 0.29) is 34.8 Å². The fraction of sp³-hybridized carbons (Fsp3) is 0.889. The van der Waals surface area contributed by atoms with E-state index in [0.717, 1.165) is 39.0 Å². The zero-order chi connectivity index (χ0) is 18.9. The number of rotatable bonds is 5. The lowest BCUT2D eigenvalue weighted by Crippen LogP contribution is -2.45. The van der Waals surface area contributed by atoms with Gasteiger partial charge in [0.15, 0.2) is 9.84 Å². The second-order valence-corrected chi connectivity index (χ2v) is 10.5. The number of nitrogens with zero attached hydrogens (tertiary/aromatic N) is 3. The minimum absolute atomic E-state index is 0.0435. The molecule has 0 aromatic carbocycles. The van der Waals surface area contributed by atoms with Crippen LogP contribution in [0.1, 0.15) is 39.0 Å². The summed E-state index contributed by atoms with van der Waals surface area (Å²) in [6.45, 7) is 5.68. The molecule has 3 aliphatic heterocycles. The zero-order valence-electron chi connectivity index (χ0n) is 15.9. The third-order valence-corrected chi connectivity index (χ3v) is 8.22. The lowest BCUT2D eigenvalue weighted by atomic mass is 9.77. The highest BCUT2D eigenvalue weighted by Crippen LogP contribution is 2.40. The van der Waals surface area contributed by atoms with Crippen LogP contribution in [0.2, 0.25) is 0 Å². The fourth-order valence-corrected chi connectivity index (χ4v) is 6.38. The molecule has 3 fully saturated rings. The smallest absolute Gasteiger partial charge is 0.223 e. The van der Waals surface area contributed by atoms with Gasteiger partial charge < -0.3 is 14.7 Å². The highest BCUT2D eigenvalue weighted by atomic mass is 32.2. The Hall–Kier alpha value is -1.15. The summed E-state index contributed by atoms with van der Waals surface area (Å²) < 4.78 is 23.2. The molecular weight excluding hydrogens is 354 g/mol. The van der Waals surface area contributed by atoms with E-state index in [4.69, 9.17) is 0 Å². The number of likely N-dealkylation sites (tertiary alicyclic amines) is 2. The van der Waals surface area contributed by atoms with Crippen molar-refractivity contribution in [2.45, 2.75) is 45.1 Å². The molecule has 3 aliphatic rings. The highest BCUT2D eigenvalue weighted by molar-refractivity contribution is 7.91. The predicted molar refractivity (Wildman–Crippen MR) is 99.4 cm³/mol. The van der Waals surface area contributed by atoms with Gasteiger partial charge in [0.05, 0.1) is 11.5 Å². The van der Waals surface area contributed by atoms with E-state index in [1.54, 1.807) is 0 Å². The van der Waals surface area contributed by atoms with Crippen molar-refractivity contribution in [3.8, 4) is 0 Å². The van der Waals surface area contributed by atoms with Gasteiger partial charge in [-0.25, -0.2) is 8.42 Å². The Labute approximate surface area is 156 Å². The average molecular weight is 386 g/mol. The largest absolute Gasteiger partial charge is 0.343 e. The number of amides is 2. The maximum atomic E-state index is 12.5. The molecule has 0 N–H and O–H groups in total. The van der Waals surface area contributed by atoms with Crippen molar-refractivity contribution in [1.82, 2.24) is 14.7 Å². The second kappa shape index (κ2) is 7.46. The van der Waals surface area contributed by atoms with E-state index in [0.29, 0.717) is 25.8 Å². The highest BCUT2D eigenvalue weighted by Gasteiger charge is 2.44. The Morgan fingerprint density at radius 1 is 1.31 bits per heavy atom. The van der Waals surface area contributed by atoms with Crippen molar-refractivity contribution in [2.24, 2.45) is 5.41 Å². The van der Waals surface area contributed by atoms with Crippen LogP contribution in [-0.2, 0) is 19.4 Å². The van der Waals surface area contributed by atoms with E-state index in [2.05, 4.69) is 0 Å². The topological polar surface area (TPSA) is 78.0 Å². The summed E-state index contributed by atoms with van der Waals surface area (Å²) in [5, 5.41) is 0.